The van der Waals surface area contributed by atoms with Crippen LogP contribution in [0.15, 0.2) is 77.7 Å². The van der Waals surface area contributed by atoms with E-state index in [1.165, 1.54) is 0 Å². The fourth-order valence-corrected chi connectivity index (χ4v) is 4.41. The van der Waals surface area contributed by atoms with E-state index in [4.69, 9.17) is 9.47 Å². The minimum absolute atomic E-state index is 0.240. The minimum atomic E-state index is -0.507. The van der Waals surface area contributed by atoms with Crippen LogP contribution in [0.1, 0.15) is 23.6 Å². The molecule has 1 aliphatic heterocycles. The first-order valence-corrected chi connectivity index (χ1v) is 12.3. The highest BCUT2D eigenvalue weighted by Crippen LogP contribution is 2.35. The summed E-state index contributed by atoms with van der Waals surface area (Å²) in [5.41, 5.74) is 3.24. The molecule has 4 rings (SSSR count). The Bertz CT molecular complexity index is 1310. The molecule has 184 valence electrons. The number of aryl methyl sites for hydroxylation is 1. The zero-order valence-corrected chi connectivity index (χ0v) is 20.8. The van der Waals surface area contributed by atoms with E-state index < -0.39 is 17.1 Å². The Morgan fingerprint density at radius 3 is 2.47 bits per heavy atom. The zero-order chi connectivity index (χ0) is 25.5. The molecular formula is C28H26N2O5S. The van der Waals surface area contributed by atoms with Gasteiger partial charge in [0.05, 0.1) is 11.5 Å². The maximum absolute atomic E-state index is 12.9. The van der Waals surface area contributed by atoms with E-state index in [1.807, 2.05) is 56.3 Å². The molecule has 1 N–H and O–H groups in total. The number of thioether (sulfide) groups is 1. The van der Waals surface area contributed by atoms with Crippen molar-refractivity contribution in [2.24, 2.45) is 0 Å². The van der Waals surface area contributed by atoms with Gasteiger partial charge in [-0.3, -0.25) is 19.3 Å². The van der Waals surface area contributed by atoms with Crippen LogP contribution in [0.2, 0.25) is 0 Å². The molecule has 0 atom stereocenters. The zero-order valence-electron chi connectivity index (χ0n) is 20.0. The summed E-state index contributed by atoms with van der Waals surface area (Å²) in [5.74, 6) is 0.177. The molecule has 0 bridgehead atoms. The Hall–Kier alpha value is -4.04. The van der Waals surface area contributed by atoms with Crippen molar-refractivity contribution in [3.63, 3.8) is 0 Å². The van der Waals surface area contributed by atoms with Crippen molar-refractivity contribution < 1.29 is 23.9 Å². The number of nitrogens with one attached hydrogen (secondary N) is 1. The molecule has 0 unspecified atom stereocenters. The van der Waals surface area contributed by atoms with Crippen molar-refractivity contribution >= 4 is 40.6 Å². The Kier molecular flexibility index (Phi) is 8.07. The number of imide groups is 1. The van der Waals surface area contributed by atoms with E-state index in [-0.39, 0.29) is 11.4 Å². The number of hydrogen-bond donors (Lipinski definition) is 1. The number of carbonyl (C=O) groups is 3. The Morgan fingerprint density at radius 2 is 1.72 bits per heavy atom. The van der Waals surface area contributed by atoms with Crippen LogP contribution in [0.3, 0.4) is 0 Å². The predicted molar refractivity (Wildman–Crippen MR) is 141 cm³/mol. The Morgan fingerprint density at radius 1 is 0.972 bits per heavy atom. The molecule has 1 saturated heterocycles. The average Bonchev–Trinajstić information content (AvgIpc) is 3.13. The van der Waals surface area contributed by atoms with Gasteiger partial charge in [-0.2, -0.15) is 0 Å². The largest absolute Gasteiger partial charge is 0.490 e. The van der Waals surface area contributed by atoms with Crippen LogP contribution in [0.25, 0.3) is 6.08 Å². The van der Waals surface area contributed by atoms with Crippen LogP contribution in [0, 0.1) is 6.92 Å². The van der Waals surface area contributed by atoms with E-state index >= 15 is 0 Å². The molecule has 1 heterocycles. The molecular weight excluding hydrogens is 476 g/mol. The first kappa shape index (κ1) is 25.1. The van der Waals surface area contributed by atoms with Crippen molar-refractivity contribution in [1.82, 2.24) is 4.90 Å². The van der Waals surface area contributed by atoms with Gasteiger partial charge in [-0.1, -0.05) is 54.6 Å². The van der Waals surface area contributed by atoms with Crippen molar-refractivity contribution in [2.45, 2.75) is 20.5 Å². The number of rotatable bonds is 9. The van der Waals surface area contributed by atoms with Crippen molar-refractivity contribution in [1.29, 1.82) is 0 Å². The second kappa shape index (κ2) is 11.6. The van der Waals surface area contributed by atoms with Crippen LogP contribution in [0.4, 0.5) is 10.5 Å². The standard InChI is InChI=1S/C28H26N2O5S/c1-3-34-24-15-21(13-14-23(24)35-18-20-10-5-4-6-11-20)16-25-27(32)30(28(33)36-25)17-26(31)29-22-12-8-7-9-19(22)2/h4-16H,3,17-18H2,1-2H3,(H,29,31)/b25-16+. The number of benzene rings is 3. The lowest BCUT2D eigenvalue weighted by Crippen LogP contribution is -2.36. The molecule has 3 aromatic rings. The van der Waals surface area contributed by atoms with Gasteiger partial charge in [0, 0.05) is 5.69 Å². The van der Waals surface area contributed by atoms with E-state index in [0.29, 0.717) is 36.0 Å². The van der Waals surface area contributed by atoms with Gasteiger partial charge in [-0.25, -0.2) is 0 Å². The van der Waals surface area contributed by atoms with Gasteiger partial charge in [0.25, 0.3) is 11.1 Å². The van der Waals surface area contributed by atoms with Gasteiger partial charge in [0.15, 0.2) is 11.5 Å². The molecule has 8 heteroatoms. The minimum Gasteiger partial charge on any atom is -0.490 e. The first-order chi connectivity index (χ1) is 17.4. The summed E-state index contributed by atoms with van der Waals surface area (Å²) in [6.07, 6.45) is 1.62. The summed E-state index contributed by atoms with van der Waals surface area (Å²) in [7, 11) is 0. The molecule has 1 aliphatic rings. The second-order valence-electron chi connectivity index (χ2n) is 8.04. The van der Waals surface area contributed by atoms with Crippen LogP contribution in [-0.4, -0.2) is 35.1 Å². The number of ether oxygens (including phenoxy) is 2. The van der Waals surface area contributed by atoms with E-state index in [2.05, 4.69) is 5.32 Å². The number of para-hydroxylation sites is 1. The molecule has 3 amide bonds. The number of anilines is 1. The highest BCUT2D eigenvalue weighted by atomic mass is 32.2. The molecule has 0 aromatic heterocycles. The van der Waals surface area contributed by atoms with Gasteiger partial charge in [0.1, 0.15) is 13.2 Å². The SMILES string of the molecule is CCOc1cc(/C=C2/SC(=O)N(CC(=O)Nc3ccccc3C)C2=O)ccc1OCc1ccccc1. The normalized spacial score (nSPS) is 14.3. The van der Waals surface area contributed by atoms with Crippen LogP contribution >= 0.6 is 11.8 Å². The highest BCUT2D eigenvalue weighted by Gasteiger charge is 2.36. The number of amides is 3. The van der Waals surface area contributed by atoms with Crippen LogP contribution in [-0.2, 0) is 16.2 Å². The third kappa shape index (κ3) is 6.14. The lowest BCUT2D eigenvalue weighted by molar-refractivity contribution is -0.127. The van der Waals surface area contributed by atoms with Crippen molar-refractivity contribution in [3.8, 4) is 11.5 Å². The fourth-order valence-electron chi connectivity index (χ4n) is 3.57. The third-order valence-electron chi connectivity index (χ3n) is 5.40. The summed E-state index contributed by atoms with van der Waals surface area (Å²) < 4.78 is 11.7. The molecule has 7 nitrogen and oxygen atoms in total. The molecule has 1 fully saturated rings. The van der Waals surface area contributed by atoms with Gasteiger partial charge in [-0.15, -0.1) is 0 Å². The maximum Gasteiger partial charge on any atom is 0.294 e. The topological polar surface area (TPSA) is 84.9 Å². The summed E-state index contributed by atoms with van der Waals surface area (Å²) in [6, 6.07) is 22.4. The second-order valence-corrected chi connectivity index (χ2v) is 9.04. The van der Waals surface area contributed by atoms with E-state index in [1.54, 1.807) is 36.4 Å². The monoisotopic (exact) mass is 502 g/mol. The first-order valence-electron chi connectivity index (χ1n) is 11.5. The van der Waals surface area contributed by atoms with Crippen molar-refractivity contribution in [2.75, 3.05) is 18.5 Å². The molecule has 0 saturated carbocycles. The molecule has 0 spiro atoms. The third-order valence-corrected chi connectivity index (χ3v) is 6.30. The lowest BCUT2D eigenvalue weighted by Gasteiger charge is -2.14. The van der Waals surface area contributed by atoms with Gasteiger partial charge < -0.3 is 14.8 Å². The smallest absolute Gasteiger partial charge is 0.294 e. The number of hydrogen-bond acceptors (Lipinski definition) is 6. The van der Waals surface area contributed by atoms with Crippen LogP contribution < -0.4 is 14.8 Å². The maximum atomic E-state index is 12.9. The quantitative estimate of drug-likeness (QED) is 0.381. The summed E-state index contributed by atoms with van der Waals surface area (Å²) in [5, 5.41) is 2.26. The van der Waals surface area contributed by atoms with Gasteiger partial charge in [0.2, 0.25) is 5.91 Å². The van der Waals surface area contributed by atoms with Crippen LogP contribution in [0.5, 0.6) is 11.5 Å². The molecule has 0 radical (unpaired) electrons. The van der Waals surface area contributed by atoms with E-state index in [9.17, 15) is 14.4 Å². The van der Waals surface area contributed by atoms with E-state index in [0.717, 1.165) is 27.8 Å². The molecule has 36 heavy (non-hydrogen) atoms. The molecule has 0 aliphatic carbocycles. The lowest BCUT2D eigenvalue weighted by atomic mass is 10.1. The highest BCUT2D eigenvalue weighted by molar-refractivity contribution is 8.18. The fraction of sp³-hybridized carbons (Fsp3) is 0.179. The number of nitrogens with zero attached hydrogens (tertiary/aromatic N) is 1. The Balaban J connectivity index is 1.45. The summed E-state index contributed by atoms with van der Waals surface area (Å²) >= 11 is 0.805. The van der Waals surface area contributed by atoms with Gasteiger partial charge >= 0.3 is 0 Å². The summed E-state index contributed by atoms with van der Waals surface area (Å²) in [6.45, 7) is 4.22. The Labute approximate surface area is 214 Å². The van der Waals surface area contributed by atoms with Crippen molar-refractivity contribution in [3.05, 3.63) is 94.4 Å². The summed E-state index contributed by atoms with van der Waals surface area (Å²) in [4.78, 5) is 39.0. The average molecular weight is 503 g/mol. The van der Waals surface area contributed by atoms with Gasteiger partial charge in [-0.05, 0) is 66.6 Å². The molecule has 3 aromatic carbocycles. The predicted octanol–water partition coefficient (Wildman–Crippen LogP) is 5.65. The number of carbonyl (C=O) groups excluding carboxylic acids is 3.